The summed E-state index contributed by atoms with van der Waals surface area (Å²) >= 11 is 0. The molecule has 0 radical (unpaired) electrons. The number of benzene rings is 1. The van der Waals surface area contributed by atoms with Crippen molar-refractivity contribution in [3.8, 4) is 5.75 Å². The summed E-state index contributed by atoms with van der Waals surface area (Å²) in [7, 11) is 2.80. The summed E-state index contributed by atoms with van der Waals surface area (Å²) in [5, 5.41) is 2.77. The van der Waals surface area contributed by atoms with Crippen LogP contribution in [0, 0.1) is 0 Å². The summed E-state index contributed by atoms with van der Waals surface area (Å²) in [6.45, 7) is 7.49. The molecular weight excluding hydrogens is 310 g/mol. The Hall–Kier alpha value is -2.08. The molecule has 24 heavy (non-hydrogen) atoms. The number of carbonyl (C=O) groups is 2. The van der Waals surface area contributed by atoms with Crippen LogP contribution in [0.5, 0.6) is 5.75 Å². The van der Waals surface area contributed by atoms with Gasteiger partial charge in [-0.05, 0) is 44.9 Å². The normalized spacial score (nSPS) is 14.4. The molecule has 1 N–H and O–H groups in total. The van der Waals surface area contributed by atoms with Crippen LogP contribution in [0.2, 0.25) is 0 Å². The van der Waals surface area contributed by atoms with Crippen molar-refractivity contribution in [2.24, 2.45) is 0 Å². The van der Waals surface area contributed by atoms with E-state index in [9.17, 15) is 9.59 Å². The van der Waals surface area contributed by atoms with Gasteiger partial charge >= 0.3 is 5.97 Å². The van der Waals surface area contributed by atoms with E-state index < -0.39 is 11.6 Å². The van der Waals surface area contributed by atoms with Crippen molar-refractivity contribution in [1.82, 2.24) is 0 Å². The SMILES string of the molecule is CC[C@@H](C)Oc1ccc(NC(=O)[C@@](C)(CC)OC)cc1C(=O)OC. The molecule has 0 bridgehead atoms. The molecule has 0 aliphatic carbocycles. The Bertz CT molecular complexity index is 581. The molecular formula is C18H27NO5. The highest BCUT2D eigenvalue weighted by Crippen LogP contribution is 2.26. The van der Waals surface area contributed by atoms with E-state index in [1.807, 2.05) is 20.8 Å². The summed E-state index contributed by atoms with van der Waals surface area (Å²) in [5.74, 6) is -0.368. The van der Waals surface area contributed by atoms with Crippen molar-refractivity contribution in [1.29, 1.82) is 0 Å². The summed E-state index contributed by atoms with van der Waals surface area (Å²) in [4.78, 5) is 24.4. The lowest BCUT2D eigenvalue weighted by Gasteiger charge is -2.25. The Labute approximate surface area is 143 Å². The zero-order chi connectivity index (χ0) is 18.3. The van der Waals surface area contributed by atoms with Crippen LogP contribution in [0.15, 0.2) is 18.2 Å². The van der Waals surface area contributed by atoms with E-state index in [2.05, 4.69) is 5.32 Å². The Balaban J connectivity index is 3.10. The molecule has 1 aromatic rings. The largest absolute Gasteiger partial charge is 0.490 e. The number of ether oxygens (including phenoxy) is 3. The molecule has 0 heterocycles. The second kappa shape index (κ2) is 8.68. The maximum Gasteiger partial charge on any atom is 0.341 e. The van der Waals surface area contributed by atoms with Gasteiger partial charge in [0, 0.05) is 12.8 Å². The van der Waals surface area contributed by atoms with Crippen molar-refractivity contribution in [3.05, 3.63) is 23.8 Å². The van der Waals surface area contributed by atoms with E-state index in [-0.39, 0.29) is 17.6 Å². The molecule has 6 heteroatoms. The lowest BCUT2D eigenvalue weighted by Crippen LogP contribution is -2.41. The van der Waals surface area contributed by atoms with Gasteiger partial charge in [0.05, 0.1) is 13.2 Å². The topological polar surface area (TPSA) is 73.9 Å². The van der Waals surface area contributed by atoms with Gasteiger partial charge in [-0.3, -0.25) is 4.79 Å². The van der Waals surface area contributed by atoms with Gasteiger partial charge in [-0.1, -0.05) is 13.8 Å². The lowest BCUT2D eigenvalue weighted by atomic mass is 10.0. The predicted octanol–water partition coefficient (Wildman–Crippen LogP) is 3.40. The molecule has 0 saturated carbocycles. The molecule has 2 atom stereocenters. The van der Waals surface area contributed by atoms with Gasteiger partial charge in [-0.2, -0.15) is 0 Å². The zero-order valence-electron chi connectivity index (χ0n) is 15.3. The fraction of sp³-hybridized carbons (Fsp3) is 0.556. The van der Waals surface area contributed by atoms with Crippen LogP contribution in [-0.4, -0.2) is 37.8 Å². The molecule has 0 aliphatic rings. The van der Waals surface area contributed by atoms with Crippen LogP contribution in [0.1, 0.15) is 50.9 Å². The fourth-order valence-corrected chi connectivity index (χ4v) is 1.94. The number of hydrogen-bond acceptors (Lipinski definition) is 5. The Kier molecular flexibility index (Phi) is 7.22. The van der Waals surface area contributed by atoms with Crippen LogP contribution in [-0.2, 0) is 14.3 Å². The second-order valence-corrected chi connectivity index (χ2v) is 5.78. The third-order valence-electron chi connectivity index (χ3n) is 4.15. The fourth-order valence-electron chi connectivity index (χ4n) is 1.94. The molecule has 0 aliphatic heterocycles. The van der Waals surface area contributed by atoms with Crippen molar-refractivity contribution in [2.45, 2.75) is 52.2 Å². The summed E-state index contributed by atoms with van der Waals surface area (Å²) < 4.78 is 15.8. The van der Waals surface area contributed by atoms with Crippen molar-refractivity contribution in [3.63, 3.8) is 0 Å². The van der Waals surface area contributed by atoms with Crippen molar-refractivity contribution >= 4 is 17.6 Å². The predicted molar refractivity (Wildman–Crippen MR) is 92.5 cm³/mol. The third kappa shape index (κ3) is 4.71. The number of rotatable bonds is 8. The molecule has 6 nitrogen and oxygen atoms in total. The number of methoxy groups -OCH3 is 2. The highest BCUT2D eigenvalue weighted by atomic mass is 16.5. The number of anilines is 1. The van der Waals surface area contributed by atoms with Crippen molar-refractivity contribution < 1.29 is 23.8 Å². The Morgan fingerprint density at radius 1 is 1.25 bits per heavy atom. The molecule has 0 unspecified atom stereocenters. The molecule has 1 rings (SSSR count). The molecule has 0 fully saturated rings. The van der Waals surface area contributed by atoms with Gasteiger partial charge in [-0.15, -0.1) is 0 Å². The minimum absolute atomic E-state index is 0.0364. The number of carbonyl (C=O) groups excluding carboxylic acids is 2. The third-order valence-corrected chi connectivity index (χ3v) is 4.15. The van der Waals surface area contributed by atoms with E-state index in [4.69, 9.17) is 14.2 Å². The summed E-state index contributed by atoms with van der Waals surface area (Å²) in [6.07, 6.45) is 1.29. The highest BCUT2D eigenvalue weighted by molar-refractivity contribution is 5.99. The first-order chi connectivity index (χ1) is 11.3. The van der Waals surface area contributed by atoms with Crippen molar-refractivity contribution in [2.75, 3.05) is 19.5 Å². The summed E-state index contributed by atoms with van der Waals surface area (Å²) in [6, 6.07) is 4.89. The molecule has 1 aromatic carbocycles. The maximum atomic E-state index is 12.4. The molecule has 0 spiro atoms. The number of hydrogen-bond donors (Lipinski definition) is 1. The average Bonchev–Trinajstić information content (AvgIpc) is 2.61. The first kappa shape index (κ1) is 20.0. The van der Waals surface area contributed by atoms with E-state index in [0.29, 0.717) is 17.9 Å². The van der Waals surface area contributed by atoms with Crippen LogP contribution in [0.4, 0.5) is 5.69 Å². The van der Waals surface area contributed by atoms with E-state index in [0.717, 1.165) is 6.42 Å². The number of esters is 1. The van der Waals surface area contributed by atoms with Gasteiger partial charge in [-0.25, -0.2) is 4.79 Å². The number of amides is 1. The minimum Gasteiger partial charge on any atom is -0.490 e. The van der Waals surface area contributed by atoms with Gasteiger partial charge in [0.2, 0.25) is 0 Å². The standard InChI is InChI=1S/C18H27NO5/c1-7-12(3)24-15-10-9-13(11-14(15)16(20)22-5)19-17(21)18(4,8-2)23-6/h9-12H,7-8H2,1-6H3,(H,19,21)/t12-,18-/m1/s1. The van der Waals surface area contributed by atoms with Crippen LogP contribution in [0.3, 0.4) is 0 Å². The van der Waals surface area contributed by atoms with Gasteiger partial charge < -0.3 is 19.5 Å². The molecule has 0 aromatic heterocycles. The first-order valence-electron chi connectivity index (χ1n) is 8.06. The molecule has 1 amide bonds. The first-order valence-corrected chi connectivity index (χ1v) is 8.06. The average molecular weight is 337 g/mol. The smallest absolute Gasteiger partial charge is 0.341 e. The van der Waals surface area contributed by atoms with Crippen LogP contribution < -0.4 is 10.1 Å². The Morgan fingerprint density at radius 2 is 1.92 bits per heavy atom. The van der Waals surface area contributed by atoms with E-state index in [1.165, 1.54) is 14.2 Å². The quantitative estimate of drug-likeness (QED) is 0.736. The maximum absolute atomic E-state index is 12.4. The van der Waals surface area contributed by atoms with Crippen LogP contribution in [0.25, 0.3) is 0 Å². The van der Waals surface area contributed by atoms with Gasteiger partial charge in [0.25, 0.3) is 5.91 Å². The Morgan fingerprint density at radius 3 is 2.42 bits per heavy atom. The minimum atomic E-state index is -0.933. The second-order valence-electron chi connectivity index (χ2n) is 5.78. The summed E-state index contributed by atoms with van der Waals surface area (Å²) in [5.41, 5.74) is -0.183. The van der Waals surface area contributed by atoms with E-state index in [1.54, 1.807) is 25.1 Å². The number of nitrogens with one attached hydrogen (secondary N) is 1. The van der Waals surface area contributed by atoms with E-state index >= 15 is 0 Å². The van der Waals surface area contributed by atoms with Gasteiger partial charge in [0.1, 0.15) is 16.9 Å². The highest BCUT2D eigenvalue weighted by Gasteiger charge is 2.31. The zero-order valence-corrected chi connectivity index (χ0v) is 15.3. The lowest BCUT2D eigenvalue weighted by molar-refractivity contribution is -0.136. The molecule has 134 valence electrons. The van der Waals surface area contributed by atoms with Gasteiger partial charge in [0.15, 0.2) is 0 Å². The molecule has 0 saturated heterocycles. The monoisotopic (exact) mass is 337 g/mol. The van der Waals surface area contributed by atoms with Crippen LogP contribution >= 0.6 is 0 Å².